The molecule has 3 rings (SSSR count). The summed E-state index contributed by atoms with van der Waals surface area (Å²) in [7, 11) is 0. The maximum absolute atomic E-state index is 9.49. The Bertz CT molecular complexity index is 962. The predicted octanol–water partition coefficient (Wildman–Crippen LogP) is 4.41. The molecule has 3 nitrogen and oxygen atoms in total. The van der Waals surface area contributed by atoms with Crippen LogP contribution in [0.5, 0.6) is 0 Å². The number of nitriles is 2. The van der Waals surface area contributed by atoms with Crippen molar-refractivity contribution < 1.29 is 0 Å². The molecule has 0 atom stereocenters. The lowest BCUT2D eigenvalue weighted by Gasteiger charge is -2.01. The average Bonchev–Trinajstić information content (AvgIpc) is 2.88. The number of benzene rings is 2. The van der Waals surface area contributed by atoms with E-state index in [2.05, 4.69) is 17.1 Å². The molecule has 0 fully saturated rings. The fraction of sp³-hybridized carbons (Fsp3) is 0.0526. The van der Waals surface area contributed by atoms with E-state index in [-0.39, 0.29) is 0 Å². The molecular formula is C19H13N3. The quantitative estimate of drug-likeness (QED) is 0.708. The molecule has 104 valence electrons. The maximum Gasteiger partial charge on any atom is 0.0998 e. The van der Waals surface area contributed by atoms with E-state index in [1.807, 2.05) is 43.3 Å². The van der Waals surface area contributed by atoms with Crippen LogP contribution in [0.15, 0.2) is 48.5 Å². The maximum atomic E-state index is 9.49. The molecule has 1 aromatic heterocycles. The molecule has 0 aliphatic rings. The summed E-state index contributed by atoms with van der Waals surface area (Å²) in [5.41, 5.74) is 4.93. The third-order valence-corrected chi connectivity index (χ3v) is 3.66. The molecule has 0 aliphatic carbocycles. The number of nitrogens with zero attached hydrogens (tertiary/aromatic N) is 2. The molecule has 0 saturated carbocycles. The van der Waals surface area contributed by atoms with Crippen LogP contribution in [-0.4, -0.2) is 4.98 Å². The van der Waals surface area contributed by atoms with Crippen LogP contribution in [0, 0.1) is 29.6 Å². The first-order valence-electron chi connectivity index (χ1n) is 6.92. The van der Waals surface area contributed by atoms with Gasteiger partial charge in [0, 0.05) is 22.2 Å². The molecule has 0 saturated heterocycles. The van der Waals surface area contributed by atoms with Gasteiger partial charge in [-0.3, -0.25) is 0 Å². The van der Waals surface area contributed by atoms with Crippen LogP contribution in [0.4, 0.5) is 0 Å². The minimum absolute atomic E-state index is 0.546. The summed E-state index contributed by atoms with van der Waals surface area (Å²) in [6.45, 7) is 1.99. The van der Waals surface area contributed by atoms with Gasteiger partial charge in [0.1, 0.15) is 0 Å². The molecular weight excluding hydrogens is 270 g/mol. The van der Waals surface area contributed by atoms with Crippen molar-refractivity contribution in [2.45, 2.75) is 6.92 Å². The van der Waals surface area contributed by atoms with Gasteiger partial charge in [0.25, 0.3) is 0 Å². The number of fused-ring (bicyclic) bond motifs is 1. The second kappa shape index (κ2) is 5.60. The van der Waals surface area contributed by atoms with Gasteiger partial charge in [0.15, 0.2) is 0 Å². The standard InChI is InChI=1S/C19H13N3/c1-13-18(17-7-2-3-8-19(17)22-13)10-16(12-21)15-6-4-5-14(9-15)11-20/h2-10,22H,1H3/b16-10+. The van der Waals surface area contributed by atoms with Crippen molar-refractivity contribution in [2.75, 3.05) is 0 Å². The monoisotopic (exact) mass is 283 g/mol. The molecule has 1 heterocycles. The molecule has 3 heteroatoms. The normalized spacial score (nSPS) is 11.1. The molecule has 0 unspecified atom stereocenters. The van der Waals surface area contributed by atoms with Crippen molar-refractivity contribution in [1.82, 2.24) is 4.98 Å². The predicted molar refractivity (Wildman–Crippen MR) is 87.7 cm³/mol. The Balaban J connectivity index is 2.17. The van der Waals surface area contributed by atoms with Gasteiger partial charge in [0.05, 0.1) is 23.3 Å². The highest BCUT2D eigenvalue weighted by molar-refractivity contribution is 5.98. The number of allylic oxidation sites excluding steroid dienone is 1. The van der Waals surface area contributed by atoms with Gasteiger partial charge in [0.2, 0.25) is 0 Å². The number of aryl methyl sites for hydroxylation is 1. The zero-order chi connectivity index (χ0) is 15.5. The smallest absolute Gasteiger partial charge is 0.0998 e. The Kier molecular flexibility index (Phi) is 3.48. The van der Waals surface area contributed by atoms with Gasteiger partial charge in [-0.25, -0.2) is 0 Å². The summed E-state index contributed by atoms with van der Waals surface area (Å²) in [6, 6.07) is 19.5. The lowest BCUT2D eigenvalue weighted by Crippen LogP contribution is -1.85. The average molecular weight is 283 g/mol. The molecule has 0 spiro atoms. The van der Waals surface area contributed by atoms with E-state index in [1.165, 1.54) is 0 Å². The summed E-state index contributed by atoms with van der Waals surface area (Å²) in [4.78, 5) is 3.32. The van der Waals surface area contributed by atoms with Gasteiger partial charge in [-0.05, 0) is 36.8 Å². The number of aromatic amines is 1. The molecule has 2 aromatic carbocycles. The Morgan fingerprint density at radius 3 is 2.68 bits per heavy atom. The minimum atomic E-state index is 0.546. The van der Waals surface area contributed by atoms with Gasteiger partial charge >= 0.3 is 0 Å². The SMILES string of the molecule is Cc1[nH]c2ccccc2c1/C=C(\C#N)c1cccc(C#N)c1. The molecule has 1 N–H and O–H groups in total. The number of H-pyrrole nitrogens is 1. The summed E-state index contributed by atoms with van der Waals surface area (Å²) < 4.78 is 0. The van der Waals surface area contributed by atoms with Crippen molar-refractivity contribution in [1.29, 1.82) is 10.5 Å². The summed E-state index contributed by atoms with van der Waals surface area (Å²) >= 11 is 0. The molecule has 3 aromatic rings. The van der Waals surface area contributed by atoms with Crippen molar-refractivity contribution in [3.63, 3.8) is 0 Å². The van der Waals surface area contributed by atoms with E-state index in [0.29, 0.717) is 11.1 Å². The highest BCUT2D eigenvalue weighted by Gasteiger charge is 2.08. The minimum Gasteiger partial charge on any atom is -0.358 e. The number of aromatic nitrogens is 1. The Morgan fingerprint density at radius 1 is 1.09 bits per heavy atom. The molecule has 0 bridgehead atoms. The van der Waals surface area contributed by atoms with Crippen LogP contribution in [0.25, 0.3) is 22.6 Å². The van der Waals surface area contributed by atoms with Crippen LogP contribution in [0.1, 0.15) is 22.4 Å². The highest BCUT2D eigenvalue weighted by Crippen LogP contribution is 2.27. The Labute approximate surface area is 128 Å². The van der Waals surface area contributed by atoms with Crippen molar-refractivity contribution >= 4 is 22.6 Å². The lowest BCUT2D eigenvalue weighted by molar-refractivity contribution is 1.29. The molecule has 0 amide bonds. The third-order valence-electron chi connectivity index (χ3n) is 3.66. The van der Waals surface area contributed by atoms with Crippen LogP contribution in [0.3, 0.4) is 0 Å². The van der Waals surface area contributed by atoms with Crippen LogP contribution in [0.2, 0.25) is 0 Å². The van der Waals surface area contributed by atoms with Crippen LogP contribution < -0.4 is 0 Å². The fourth-order valence-corrected chi connectivity index (χ4v) is 2.57. The summed E-state index contributed by atoms with van der Waals surface area (Å²) in [6.07, 6.45) is 1.88. The number of hydrogen-bond donors (Lipinski definition) is 1. The van der Waals surface area contributed by atoms with Crippen LogP contribution in [-0.2, 0) is 0 Å². The van der Waals surface area contributed by atoms with E-state index in [4.69, 9.17) is 5.26 Å². The van der Waals surface area contributed by atoms with Crippen molar-refractivity contribution in [2.24, 2.45) is 0 Å². The van der Waals surface area contributed by atoms with Gasteiger partial charge in [-0.2, -0.15) is 10.5 Å². The van der Waals surface area contributed by atoms with E-state index in [0.717, 1.165) is 27.7 Å². The topological polar surface area (TPSA) is 63.4 Å². The zero-order valence-electron chi connectivity index (χ0n) is 12.1. The number of hydrogen-bond acceptors (Lipinski definition) is 2. The fourth-order valence-electron chi connectivity index (χ4n) is 2.57. The lowest BCUT2D eigenvalue weighted by atomic mass is 10.0. The number of para-hydroxylation sites is 1. The second-order valence-electron chi connectivity index (χ2n) is 5.07. The molecule has 22 heavy (non-hydrogen) atoms. The largest absolute Gasteiger partial charge is 0.358 e. The first-order valence-corrected chi connectivity index (χ1v) is 6.92. The molecule has 0 radical (unpaired) electrons. The Hall–Kier alpha value is -3.30. The van der Waals surface area contributed by atoms with Crippen molar-refractivity contribution in [3.05, 3.63) is 70.9 Å². The first-order chi connectivity index (χ1) is 10.7. The Morgan fingerprint density at radius 2 is 1.91 bits per heavy atom. The first kappa shape index (κ1) is 13.7. The van der Waals surface area contributed by atoms with Gasteiger partial charge < -0.3 is 4.98 Å². The van der Waals surface area contributed by atoms with Gasteiger partial charge in [-0.1, -0.05) is 30.3 Å². The number of nitrogens with one attached hydrogen (secondary N) is 1. The van der Waals surface area contributed by atoms with Gasteiger partial charge in [-0.15, -0.1) is 0 Å². The van der Waals surface area contributed by atoms with E-state index >= 15 is 0 Å². The van der Waals surface area contributed by atoms with E-state index in [1.54, 1.807) is 18.2 Å². The highest BCUT2D eigenvalue weighted by atomic mass is 14.7. The number of rotatable bonds is 2. The summed E-state index contributed by atoms with van der Waals surface area (Å²) in [5, 5.41) is 19.6. The second-order valence-corrected chi connectivity index (χ2v) is 5.07. The van der Waals surface area contributed by atoms with Crippen LogP contribution >= 0.6 is 0 Å². The van der Waals surface area contributed by atoms with Crippen molar-refractivity contribution in [3.8, 4) is 12.1 Å². The van der Waals surface area contributed by atoms with E-state index < -0.39 is 0 Å². The summed E-state index contributed by atoms with van der Waals surface area (Å²) in [5.74, 6) is 0. The molecule has 0 aliphatic heterocycles. The third kappa shape index (κ3) is 2.37. The zero-order valence-corrected chi connectivity index (χ0v) is 12.1. The van der Waals surface area contributed by atoms with E-state index in [9.17, 15) is 5.26 Å².